The van der Waals surface area contributed by atoms with Crippen molar-refractivity contribution in [2.24, 2.45) is 5.92 Å². The third kappa shape index (κ3) is 4.19. The average Bonchev–Trinajstić information content (AvgIpc) is 3.13. The van der Waals surface area contributed by atoms with Crippen molar-refractivity contribution in [2.75, 3.05) is 19.7 Å². The molecule has 1 aliphatic heterocycles. The minimum atomic E-state index is -0.540. The molecule has 0 spiro atoms. The Hall–Kier alpha value is -2.86. The monoisotopic (exact) mass is 428 g/mol. The van der Waals surface area contributed by atoms with Gasteiger partial charge in [-0.1, -0.05) is 41.0 Å². The molecule has 1 amide bonds. The maximum Gasteiger partial charge on any atom is 0.259 e. The van der Waals surface area contributed by atoms with E-state index in [1.54, 1.807) is 17.9 Å². The van der Waals surface area contributed by atoms with Crippen LogP contribution in [0.15, 0.2) is 53.1 Å². The van der Waals surface area contributed by atoms with Crippen molar-refractivity contribution in [3.05, 3.63) is 70.7 Å². The Bertz CT molecular complexity index is 1010. The van der Waals surface area contributed by atoms with Crippen LogP contribution in [0, 0.1) is 18.7 Å². The van der Waals surface area contributed by atoms with Crippen molar-refractivity contribution in [3.8, 4) is 17.0 Å². The van der Waals surface area contributed by atoms with Gasteiger partial charge in [0.2, 0.25) is 0 Å². The number of amides is 1. The van der Waals surface area contributed by atoms with E-state index in [4.69, 9.17) is 20.9 Å². The fraction of sp³-hybridized carbons (Fsp3) is 0.304. The number of piperidine rings is 1. The first-order chi connectivity index (χ1) is 14.5. The number of ether oxygens (including phenoxy) is 1. The molecular weight excluding hydrogens is 407 g/mol. The summed E-state index contributed by atoms with van der Waals surface area (Å²) < 4.78 is 25.5. The van der Waals surface area contributed by atoms with Gasteiger partial charge in [-0.2, -0.15) is 0 Å². The van der Waals surface area contributed by atoms with Gasteiger partial charge in [0, 0.05) is 13.1 Å². The normalized spacial score (nSPS) is 14.7. The molecule has 0 saturated carbocycles. The number of carbonyl (C=O) groups is 1. The molecule has 30 heavy (non-hydrogen) atoms. The van der Waals surface area contributed by atoms with Gasteiger partial charge in [-0.05, 0) is 49.9 Å². The van der Waals surface area contributed by atoms with Gasteiger partial charge in [-0.15, -0.1) is 0 Å². The number of aromatic nitrogens is 1. The summed E-state index contributed by atoms with van der Waals surface area (Å²) in [5.41, 5.74) is 0.502. The molecule has 1 saturated heterocycles. The smallest absolute Gasteiger partial charge is 0.259 e. The number of aryl methyl sites for hydroxylation is 1. The van der Waals surface area contributed by atoms with Gasteiger partial charge in [0.25, 0.3) is 5.91 Å². The number of hydrogen-bond acceptors (Lipinski definition) is 4. The molecule has 2 heterocycles. The molecular formula is C23H22ClFN2O3. The lowest BCUT2D eigenvalue weighted by Crippen LogP contribution is -2.40. The highest BCUT2D eigenvalue weighted by Crippen LogP contribution is 2.34. The maximum atomic E-state index is 14.4. The minimum Gasteiger partial charge on any atom is -0.493 e. The highest BCUT2D eigenvalue weighted by molar-refractivity contribution is 6.33. The zero-order valence-corrected chi connectivity index (χ0v) is 17.4. The molecule has 1 fully saturated rings. The second kappa shape index (κ2) is 8.88. The van der Waals surface area contributed by atoms with Gasteiger partial charge in [-0.3, -0.25) is 4.79 Å². The van der Waals surface area contributed by atoms with E-state index in [9.17, 15) is 9.18 Å². The molecule has 7 heteroatoms. The van der Waals surface area contributed by atoms with Crippen LogP contribution in [0.3, 0.4) is 0 Å². The SMILES string of the molecule is Cc1onc(-c2c(F)cccc2Cl)c1C(=O)N1CCC(COc2ccccc2)CC1. The van der Waals surface area contributed by atoms with Gasteiger partial charge < -0.3 is 14.2 Å². The molecule has 4 rings (SSSR count). The third-order valence-corrected chi connectivity index (χ3v) is 5.72. The van der Waals surface area contributed by atoms with E-state index in [0.717, 1.165) is 18.6 Å². The summed E-state index contributed by atoms with van der Waals surface area (Å²) in [5, 5.41) is 4.12. The standard InChI is InChI=1S/C23H22ClFN2O3/c1-15-20(22(26-30-15)21-18(24)8-5-9-19(21)25)23(28)27-12-10-16(11-13-27)14-29-17-6-3-2-4-7-17/h2-9,16H,10-14H2,1H3. The number of carbonyl (C=O) groups excluding carboxylic acids is 1. The van der Waals surface area contributed by atoms with Gasteiger partial charge in [0.05, 0.1) is 17.2 Å². The summed E-state index contributed by atoms with van der Waals surface area (Å²) >= 11 is 6.18. The van der Waals surface area contributed by atoms with Gasteiger partial charge in [-0.25, -0.2) is 4.39 Å². The number of benzene rings is 2. The van der Waals surface area contributed by atoms with Crippen LogP contribution in [0.4, 0.5) is 4.39 Å². The average molecular weight is 429 g/mol. The molecule has 0 atom stereocenters. The molecule has 0 radical (unpaired) electrons. The largest absolute Gasteiger partial charge is 0.493 e. The van der Waals surface area contributed by atoms with Crippen LogP contribution < -0.4 is 4.74 Å². The number of rotatable bonds is 5. The van der Waals surface area contributed by atoms with Crippen LogP contribution in [0.5, 0.6) is 5.75 Å². The summed E-state index contributed by atoms with van der Waals surface area (Å²) in [5.74, 6) is 0.816. The highest BCUT2D eigenvalue weighted by Gasteiger charge is 2.31. The van der Waals surface area contributed by atoms with Crippen LogP contribution in [-0.4, -0.2) is 35.7 Å². The van der Waals surface area contributed by atoms with Crippen molar-refractivity contribution < 1.29 is 18.4 Å². The maximum absolute atomic E-state index is 14.4. The predicted octanol–water partition coefficient (Wildman–Crippen LogP) is 5.37. The third-order valence-electron chi connectivity index (χ3n) is 5.41. The van der Waals surface area contributed by atoms with Crippen LogP contribution in [0.1, 0.15) is 29.0 Å². The Morgan fingerprint density at radius 2 is 1.93 bits per heavy atom. The number of para-hydroxylation sites is 1. The Balaban J connectivity index is 1.45. The van der Waals surface area contributed by atoms with Crippen molar-refractivity contribution in [1.29, 1.82) is 0 Å². The molecule has 1 aliphatic rings. The molecule has 2 aromatic carbocycles. The van der Waals surface area contributed by atoms with Gasteiger partial charge >= 0.3 is 0 Å². The highest BCUT2D eigenvalue weighted by atomic mass is 35.5. The number of hydrogen-bond donors (Lipinski definition) is 0. The summed E-state index contributed by atoms with van der Waals surface area (Å²) in [4.78, 5) is 15.0. The zero-order chi connectivity index (χ0) is 21.1. The lowest BCUT2D eigenvalue weighted by molar-refractivity contribution is 0.0660. The van der Waals surface area contributed by atoms with Crippen LogP contribution in [0.2, 0.25) is 5.02 Å². The summed E-state index contributed by atoms with van der Waals surface area (Å²) in [7, 11) is 0. The van der Waals surface area contributed by atoms with Gasteiger partial charge in [0.15, 0.2) is 0 Å². The quantitative estimate of drug-likeness (QED) is 0.548. The Kier molecular flexibility index (Phi) is 6.04. The number of nitrogens with zero attached hydrogens (tertiary/aromatic N) is 2. The molecule has 1 aromatic heterocycles. The lowest BCUT2D eigenvalue weighted by Gasteiger charge is -2.32. The molecule has 0 unspecified atom stereocenters. The summed E-state index contributed by atoms with van der Waals surface area (Å²) in [6.07, 6.45) is 1.66. The van der Waals surface area contributed by atoms with Crippen LogP contribution in [0.25, 0.3) is 11.3 Å². The molecule has 3 aromatic rings. The second-order valence-electron chi connectivity index (χ2n) is 7.42. The van der Waals surface area contributed by atoms with E-state index in [0.29, 0.717) is 31.4 Å². The number of halogens is 2. The van der Waals surface area contributed by atoms with E-state index < -0.39 is 5.82 Å². The van der Waals surface area contributed by atoms with Gasteiger partial charge in [0.1, 0.15) is 28.6 Å². The topological polar surface area (TPSA) is 55.6 Å². The van der Waals surface area contributed by atoms with Crippen molar-refractivity contribution in [3.63, 3.8) is 0 Å². The van der Waals surface area contributed by atoms with E-state index in [-0.39, 0.29) is 27.8 Å². The minimum absolute atomic E-state index is 0.0884. The van der Waals surface area contributed by atoms with Crippen LogP contribution >= 0.6 is 11.6 Å². The molecule has 0 bridgehead atoms. The van der Waals surface area contributed by atoms with Crippen molar-refractivity contribution >= 4 is 17.5 Å². The Labute approximate surface area is 179 Å². The van der Waals surface area contributed by atoms with Crippen molar-refractivity contribution in [2.45, 2.75) is 19.8 Å². The lowest BCUT2D eigenvalue weighted by atomic mass is 9.96. The molecule has 5 nitrogen and oxygen atoms in total. The molecule has 156 valence electrons. The summed E-state index contributed by atoms with van der Waals surface area (Å²) in [6, 6.07) is 14.1. The predicted molar refractivity (Wildman–Crippen MR) is 112 cm³/mol. The number of likely N-dealkylation sites (tertiary alicyclic amines) is 1. The van der Waals surface area contributed by atoms with E-state index >= 15 is 0 Å². The first-order valence-electron chi connectivity index (χ1n) is 9.92. The fourth-order valence-corrected chi connectivity index (χ4v) is 3.96. The molecule has 0 aliphatic carbocycles. The second-order valence-corrected chi connectivity index (χ2v) is 7.83. The first kappa shape index (κ1) is 20.4. The fourth-order valence-electron chi connectivity index (χ4n) is 3.71. The Morgan fingerprint density at radius 1 is 1.20 bits per heavy atom. The van der Waals surface area contributed by atoms with Crippen molar-refractivity contribution in [1.82, 2.24) is 10.1 Å². The molecule has 0 N–H and O–H groups in total. The summed E-state index contributed by atoms with van der Waals surface area (Å²) in [6.45, 7) is 3.46. The zero-order valence-electron chi connectivity index (χ0n) is 16.6. The van der Waals surface area contributed by atoms with Crippen LogP contribution in [-0.2, 0) is 0 Å². The van der Waals surface area contributed by atoms with E-state index in [2.05, 4.69) is 5.16 Å². The van der Waals surface area contributed by atoms with E-state index in [1.807, 2.05) is 30.3 Å². The van der Waals surface area contributed by atoms with E-state index in [1.165, 1.54) is 12.1 Å². The first-order valence-corrected chi connectivity index (χ1v) is 10.3. The Morgan fingerprint density at radius 3 is 2.63 bits per heavy atom.